The predicted octanol–water partition coefficient (Wildman–Crippen LogP) is 3.51. The number of hydrogen-bond acceptors (Lipinski definition) is 5. The first kappa shape index (κ1) is 19.9. The monoisotopic (exact) mass is 349 g/mol. The zero-order valence-electron chi connectivity index (χ0n) is 16.3. The van der Waals surface area contributed by atoms with Gasteiger partial charge in [0.15, 0.2) is 5.78 Å². The lowest BCUT2D eigenvalue weighted by Crippen LogP contribution is -2.46. The van der Waals surface area contributed by atoms with E-state index < -0.39 is 17.6 Å². The number of hydrogen-bond donors (Lipinski definition) is 0. The number of nitriles is 1. The average Bonchev–Trinajstić information content (AvgIpc) is 2.70. The Bertz CT molecular complexity index is 571. The highest BCUT2D eigenvalue weighted by atomic mass is 16.6. The smallest absolute Gasteiger partial charge is 0.312 e. The number of carbonyl (C=O) groups excluding carboxylic acids is 2. The third kappa shape index (κ3) is 3.89. The SMILES string of the molecule is CC(C)CC(C)(C(=O)OC1C2CC(=O)COC1C(C#N)C2)C(C)(C)C. The number of carbonyl (C=O) groups is 2. The van der Waals surface area contributed by atoms with Gasteiger partial charge < -0.3 is 9.47 Å². The molecule has 0 amide bonds. The van der Waals surface area contributed by atoms with E-state index in [1.165, 1.54) is 0 Å². The van der Waals surface area contributed by atoms with Crippen LogP contribution in [0.5, 0.6) is 0 Å². The van der Waals surface area contributed by atoms with Crippen LogP contribution in [-0.2, 0) is 19.1 Å². The molecule has 5 nitrogen and oxygen atoms in total. The first-order valence-corrected chi connectivity index (χ1v) is 9.23. The van der Waals surface area contributed by atoms with E-state index >= 15 is 0 Å². The summed E-state index contributed by atoms with van der Waals surface area (Å²) in [5.41, 5.74) is -0.900. The van der Waals surface area contributed by atoms with Crippen molar-refractivity contribution in [3.63, 3.8) is 0 Å². The van der Waals surface area contributed by atoms with Crippen molar-refractivity contribution in [2.75, 3.05) is 6.61 Å². The van der Waals surface area contributed by atoms with Crippen molar-refractivity contribution in [2.24, 2.45) is 28.6 Å². The highest BCUT2D eigenvalue weighted by molar-refractivity contribution is 5.81. The van der Waals surface area contributed by atoms with Gasteiger partial charge in [-0.15, -0.1) is 0 Å². The molecular formula is C20H31NO4. The van der Waals surface area contributed by atoms with Crippen LogP contribution >= 0.6 is 0 Å². The van der Waals surface area contributed by atoms with Crippen molar-refractivity contribution in [1.29, 1.82) is 5.26 Å². The normalized spacial score (nSPS) is 32.0. The van der Waals surface area contributed by atoms with Gasteiger partial charge in [-0.2, -0.15) is 5.26 Å². The third-order valence-corrected chi connectivity index (χ3v) is 6.00. The standard InChI is InChI=1S/C20H31NO4/c1-12(2)9-20(6,19(3,4)5)18(23)25-17-13-7-14(10-21)16(17)24-11-15(22)8-13/h12-14,16-17H,7-9,11H2,1-6H3. The molecule has 0 aromatic carbocycles. The summed E-state index contributed by atoms with van der Waals surface area (Å²) >= 11 is 0. The molecule has 0 radical (unpaired) electrons. The first-order valence-electron chi connectivity index (χ1n) is 9.23. The second kappa shape index (κ2) is 7.07. The van der Waals surface area contributed by atoms with Crippen molar-refractivity contribution in [2.45, 2.75) is 73.0 Å². The number of rotatable bonds is 4. The third-order valence-electron chi connectivity index (χ3n) is 6.00. The Morgan fingerprint density at radius 2 is 2.00 bits per heavy atom. The van der Waals surface area contributed by atoms with E-state index in [1.54, 1.807) is 0 Å². The molecule has 25 heavy (non-hydrogen) atoms. The van der Waals surface area contributed by atoms with Crippen LogP contribution in [0.2, 0.25) is 0 Å². The number of nitrogens with zero attached hydrogens (tertiary/aromatic N) is 1. The molecule has 1 saturated carbocycles. The van der Waals surface area contributed by atoms with E-state index in [0.717, 1.165) is 6.42 Å². The first-order chi connectivity index (χ1) is 11.5. The van der Waals surface area contributed by atoms with Crippen molar-refractivity contribution >= 4 is 11.8 Å². The highest BCUT2D eigenvalue weighted by Gasteiger charge is 2.53. The van der Waals surface area contributed by atoms with Gasteiger partial charge in [-0.25, -0.2) is 0 Å². The minimum Gasteiger partial charge on any atom is -0.459 e. The highest BCUT2D eigenvalue weighted by Crippen LogP contribution is 2.47. The van der Waals surface area contributed by atoms with Gasteiger partial charge in [0.2, 0.25) is 0 Å². The summed E-state index contributed by atoms with van der Waals surface area (Å²) in [6.45, 7) is 12.3. The number of ketones is 1. The van der Waals surface area contributed by atoms with Crippen LogP contribution in [0.15, 0.2) is 0 Å². The molecule has 0 aromatic heterocycles. The minimum absolute atomic E-state index is 0.00985. The van der Waals surface area contributed by atoms with E-state index in [0.29, 0.717) is 18.8 Å². The fourth-order valence-electron chi connectivity index (χ4n) is 4.10. The Morgan fingerprint density at radius 1 is 1.36 bits per heavy atom. The topological polar surface area (TPSA) is 76.4 Å². The zero-order chi connectivity index (χ0) is 19.0. The molecule has 2 rings (SSSR count). The van der Waals surface area contributed by atoms with Crippen molar-refractivity contribution in [3.8, 4) is 6.07 Å². The van der Waals surface area contributed by atoms with Crippen molar-refractivity contribution in [3.05, 3.63) is 0 Å². The largest absolute Gasteiger partial charge is 0.459 e. The summed E-state index contributed by atoms with van der Waals surface area (Å²) in [6.07, 6.45) is 0.606. The van der Waals surface area contributed by atoms with Crippen LogP contribution in [0.25, 0.3) is 0 Å². The molecule has 140 valence electrons. The quantitative estimate of drug-likeness (QED) is 0.726. The maximum absolute atomic E-state index is 13.2. The molecule has 1 aliphatic carbocycles. The molecule has 2 bridgehead atoms. The Balaban J connectivity index is 2.25. The van der Waals surface area contributed by atoms with Crippen LogP contribution in [0.4, 0.5) is 0 Å². The molecule has 0 N–H and O–H groups in total. The molecule has 5 heteroatoms. The maximum atomic E-state index is 13.2. The lowest BCUT2D eigenvalue weighted by atomic mass is 9.64. The molecule has 5 unspecified atom stereocenters. The van der Waals surface area contributed by atoms with Crippen molar-refractivity contribution < 1.29 is 19.1 Å². The molecule has 1 heterocycles. The molecule has 1 aliphatic heterocycles. The van der Waals surface area contributed by atoms with Crippen LogP contribution in [-0.4, -0.2) is 30.6 Å². The number of ether oxygens (including phenoxy) is 2. The van der Waals surface area contributed by atoms with Crippen LogP contribution < -0.4 is 0 Å². The fraction of sp³-hybridized carbons (Fsp3) is 0.850. The Kier molecular flexibility index (Phi) is 5.63. The van der Waals surface area contributed by atoms with Crippen LogP contribution in [0, 0.1) is 39.9 Å². The second-order valence-corrected chi connectivity index (χ2v) is 9.30. The van der Waals surface area contributed by atoms with E-state index in [4.69, 9.17) is 9.47 Å². The van der Waals surface area contributed by atoms with Gasteiger partial charge in [0, 0.05) is 12.3 Å². The fourth-order valence-corrected chi connectivity index (χ4v) is 4.10. The van der Waals surface area contributed by atoms with E-state index in [1.807, 2.05) is 6.92 Å². The number of esters is 1. The van der Waals surface area contributed by atoms with Crippen LogP contribution in [0.1, 0.15) is 60.8 Å². The number of fused-ring (bicyclic) bond motifs is 2. The van der Waals surface area contributed by atoms with Gasteiger partial charge in [-0.05, 0) is 31.1 Å². The minimum atomic E-state index is -0.640. The van der Waals surface area contributed by atoms with Gasteiger partial charge in [-0.3, -0.25) is 9.59 Å². The summed E-state index contributed by atoms with van der Waals surface area (Å²) < 4.78 is 11.6. The summed E-state index contributed by atoms with van der Waals surface area (Å²) in [7, 11) is 0. The number of Topliss-reactive ketones (excluding diaryl/α,β-unsaturated/α-hetero) is 1. The van der Waals surface area contributed by atoms with E-state index in [-0.39, 0.29) is 35.6 Å². The van der Waals surface area contributed by atoms with Crippen molar-refractivity contribution in [1.82, 2.24) is 0 Å². The maximum Gasteiger partial charge on any atom is 0.312 e. The van der Waals surface area contributed by atoms with Gasteiger partial charge in [0.05, 0.1) is 17.4 Å². The lowest BCUT2D eigenvalue weighted by Gasteiger charge is -2.42. The Morgan fingerprint density at radius 3 is 2.52 bits per heavy atom. The zero-order valence-corrected chi connectivity index (χ0v) is 16.3. The average molecular weight is 349 g/mol. The summed E-state index contributed by atoms with van der Waals surface area (Å²) in [5.74, 6) is -0.304. The lowest BCUT2D eigenvalue weighted by molar-refractivity contribution is -0.177. The molecule has 0 aromatic rings. The summed E-state index contributed by atoms with van der Waals surface area (Å²) in [6, 6.07) is 2.25. The molecule has 5 atom stereocenters. The second-order valence-electron chi connectivity index (χ2n) is 9.30. The Hall–Kier alpha value is -1.41. The molecule has 1 saturated heterocycles. The molecular weight excluding hydrogens is 318 g/mol. The Labute approximate surface area is 151 Å². The predicted molar refractivity (Wildman–Crippen MR) is 93.5 cm³/mol. The molecule has 2 fully saturated rings. The van der Waals surface area contributed by atoms with Gasteiger partial charge in [0.1, 0.15) is 18.8 Å². The summed E-state index contributed by atoms with van der Waals surface area (Å²) in [4.78, 5) is 25.0. The van der Waals surface area contributed by atoms with E-state index in [9.17, 15) is 14.9 Å². The molecule has 2 aliphatic rings. The van der Waals surface area contributed by atoms with Crippen LogP contribution in [0.3, 0.4) is 0 Å². The van der Waals surface area contributed by atoms with Gasteiger partial charge in [-0.1, -0.05) is 34.6 Å². The van der Waals surface area contributed by atoms with Gasteiger partial charge >= 0.3 is 5.97 Å². The molecule has 0 spiro atoms. The van der Waals surface area contributed by atoms with Gasteiger partial charge in [0.25, 0.3) is 0 Å². The summed E-state index contributed by atoms with van der Waals surface area (Å²) in [5, 5.41) is 9.38. The van der Waals surface area contributed by atoms with E-state index in [2.05, 4.69) is 40.7 Å².